The van der Waals surface area contributed by atoms with Gasteiger partial charge in [-0.3, -0.25) is 4.79 Å². The molecule has 1 fully saturated rings. The first-order valence-electron chi connectivity index (χ1n) is 5.86. The zero-order valence-electron chi connectivity index (χ0n) is 10.1. The van der Waals surface area contributed by atoms with Crippen LogP contribution in [0.4, 0.5) is 0 Å². The van der Waals surface area contributed by atoms with E-state index in [0.29, 0.717) is 19.0 Å². The smallest absolute Gasteiger partial charge is 0.320 e. The predicted octanol–water partition coefficient (Wildman–Crippen LogP) is -0.278. The van der Waals surface area contributed by atoms with Crippen LogP contribution in [-0.2, 0) is 14.8 Å². The molecule has 0 aromatic carbocycles. The number of hydrogen-bond acceptors (Lipinski definition) is 4. The Bertz CT molecular complexity index is 349. The topological polar surface area (TPSA) is 86.7 Å². The number of carbonyl (C=O) groups is 1. The number of carboxylic acid groups (broad SMARTS) is 1. The van der Waals surface area contributed by atoms with Crippen molar-refractivity contribution in [3.63, 3.8) is 0 Å². The SMILES string of the molecule is CCN(CC1CCNCC1)S(=O)(=O)CC(=O)O. The standard InChI is InChI=1S/C10H20N2O4S/c1-2-12(17(15,16)8-10(13)14)7-9-3-5-11-6-4-9/h9,11H,2-8H2,1H3,(H,13,14). The molecule has 1 saturated heterocycles. The lowest BCUT2D eigenvalue weighted by atomic mass is 9.98. The molecule has 0 saturated carbocycles. The normalized spacial score (nSPS) is 18.5. The van der Waals surface area contributed by atoms with Gasteiger partial charge in [-0.2, -0.15) is 0 Å². The highest BCUT2D eigenvalue weighted by Gasteiger charge is 2.26. The molecule has 0 amide bonds. The Hall–Kier alpha value is -0.660. The van der Waals surface area contributed by atoms with Crippen LogP contribution in [0.3, 0.4) is 0 Å². The van der Waals surface area contributed by atoms with Gasteiger partial charge in [-0.15, -0.1) is 0 Å². The molecule has 100 valence electrons. The number of nitrogens with one attached hydrogen (secondary N) is 1. The highest BCUT2D eigenvalue weighted by molar-refractivity contribution is 7.89. The number of piperidine rings is 1. The van der Waals surface area contributed by atoms with E-state index in [1.54, 1.807) is 6.92 Å². The molecular weight excluding hydrogens is 244 g/mol. The molecule has 0 aromatic rings. The first-order valence-corrected chi connectivity index (χ1v) is 7.47. The fraction of sp³-hybridized carbons (Fsp3) is 0.900. The summed E-state index contributed by atoms with van der Waals surface area (Å²) in [7, 11) is -3.66. The van der Waals surface area contributed by atoms with Crippen molar-refractivity contribution in [3.05, 3.63) is 0 Å². The second-order valence-electron chi connectivity index (χ2n) is 4.29. The van der Waals surface area contributed by atoms with Gasteiger partial charge in [0.05, 0.1) is 0 Å². The van der Waals surface area contributed by atoms with E-state index in [4.69, 9.17) is 5.11 Å². The van der Waals surface area contributed by atoms with Crippen molar-refractivity contribution in [3.8, 4) is 0 Å². The minimum Gasteiger partial charge on any atom is -0.480 e. The summed E-state index contributed by atoms with van der Waals surface area (Å²) in [6.45, 7) is 4.32. The maximum atomic E-state index is 11.8. The second kappa shape index (κ2) is 6.32. The quantitative estimate of drug-likeness (QED) is 0.689. The lowest BCUT2D eigenvalue weighted by molar-refractivity contribution is -0.134. The average Bonchev–Trinajstić information content (AvgIpc) is 2.25. The number of aliphatic carboxylic acids is 1. The number of sulfonamides is 1. The lowest BCUT2D eigenvalue weighted by Gasteiger charge is -2.28. The van der Waals surface area contributed by atoms with Crippen molar-refractivity contribution in [1.82, 2.24) is 9.62 Å². The van der Waals surface area contributed by atoms with E-state index in [0.717, 1.165) is 25.9 Å². The van der Waals surface area contributed by atoms with Crippen LogP contribution < -0.4 is 5.32 Å². The van der Waals surface area contributed by atoms with Crippen LogP contribution in [-0.4, -0.2) is 55.7 Å². The molecule has 0 bridgehead atoms. The minimum atomic E-state index is -3.66. The van der Waals surface area contributed by atoms with Gasteiger partial charge in [0.25, 0.3) is 0 Å². The summed E-state index contributed by atoms with van der Waals surface area (Å²) in [6, 6.07) is 0. The summed E-state index contributed by atoms with van der Waals surface area (Å²) in [6.07, 6.45) is 1.89. The maximum Gasteiger partial charge on any atom is 0.320 e. The highest BCUT2D eigenvalue weighted by atomic mass is 32.2. The summed E-state index contributed by atoms with van der Waals surface area (Å²) in [5.41, 5.74) is 0. The van der Waals surface area contributed by atoms with Crippen molar-refractivity contribution in [2.45, 2.75) is 19.8 Å². The zero-order valence-corrected chi connectivity index (χ0v) is 10.9. The molecular formula is C10H20N2O4S. The molecule has 6 nitrogen and oxygen atoms in total. The van der Waals surface area contributed by atoms with Crippen molar-refractivity contribution in [1.29, 1.82) is 0 Å². The largest absolute Gasteiger partial charge is 0.480 e. The molecule has 7 heteroatoms. The molecule has 1 rings (SSSR count). The third kappa shape index (κ3) is 4.61. The summed E-state index contributed by atoms with van der Waals surface area (Å²) in [4.78, 5) is 10.5. The van der Waals surface area contributed by atoms with Crippen LogP contribution in [0.5, 0.6) is 0 Å². The third-order valence-corrected chi connectivity index (χ3v) is 4.78. The maximum absolute atomic E-state index is 11.8. The molecule has 17 heavy (non-hydrogen) atoms. The van der Waals surface area contributed by atoms with Crippen molar-refractivity contribution in [2.24, 2.45) is 5.92 Å². The van der Waals surface area contributed by atoms with Gasteiger partial charge in [-0.25, -0.2) is 12.7 Å². The molecule has 0 aromatic heterocycles. The number of hydrogen-bond donors (Lipinski definition) is 2. The number of rotatable bonds is 6. The van der Waals surface area contributed by atoms with E-state index in [2.05, 4.69) is 5.32 Å². The monoisotopic (exact) mass is 264 g/mol. The summed E-state index contributed by atoms with van der Waals surface area (Å²) in [5.74, 6) is -1.78. The van der Waals surface area contributed by atoms with E-state index in [-0.39, 0.29) is 0 Å². The van der Waals surface area contributed by atoms with E-state index in [1.807, 2.05) is 0 Å². The van der Waals surface area contributed by atoms with Crippen LogP contribution in [0.1, 0.15) is 19.8 Å². The second-order valence-corrected chi connectivity index (χ2v) is 6.26. The average molecular weight is 264 g/mol. The van der Waals surface area contributed by atoms with Crippen molar-refractivity contribution in [2.75, 3.05) is 31.9 Å². The molecule has 2 N–H and O–H groups in total. The van der Waals surface area contributed by atoms with Gasteiger partial charge in [-0.05, 0) is 31.8 Å². The Kier molecular flexibility index (Phi) is 5.35. The first-order chi connectivity index (χ1) is 7.95. The molecule has 1 heterocycles. The first kappa shape index (κ1) is 14.4. The van der Waals surface area contributed by atoms with Gasteiger partial charge in [0.2, 0.25) is 10.0 Å². The Morgan fingerprint density at radius 2 is 2.00 bits per heavy atom. The minimum absolute atomic E-state index is 0.333. The fourth-order valence-electron chi connectivity index (χ4n) is 2.04. The fourth-order valence-corrected chi connectivity index (χ4v) is 3.36. The van der Waals surface area contributed by atoms with Crippen LogP contribution in [0, 0.1) is 5.92 Å². The van der Waals surface area contributed by atoms with Crippen molar-refractivity contribution >= 4 is 16.0 Å². The molecule has 0 aliphatic carbocycles. The van der Waals surface area contributed by atoms with Crippen LogP contribution in [0.25, 0.3) is 0 Å². The highest BCUT2D eigenvalue weighted by Crippen LogP contribution is 2.15. The summed E-state index contributed by atoms with van der Waals surface area (Å²) < 4.78 is 24.8. The van der Waals surface area contributed by atoms with Gasteiger partial charge < -0.3 is 10.4 Å². The molecule has 0 radical (unpaired) electrons. The van der Waals surface area contributed by atoms with E-state index >= 15 is 0 Å². The van der Waals surface area contributed by atoms with E-state index in [9.17, 15) is 13.2 Å². The predicted molar refractivity (Wildman–Crippen MR) is 64.3 cm³/mol. The van der Waals surface area contributed by atoms with E-state index in [1.165, 1.54) is 4.31 Å². The Labute approximate surface area is 102 Å². The summed E-state index contributed by atoms with van der Waals surface area (Å²) in [5, 5.41) is 11.8. The summed E-state index contributed by atoms with van der Waals surface area (Å²) >= 11 is 0. The Morgan fingerprint density at radius 3 is 2.47 bits per heavy atom. The van der Waals surface area contributed by atoms with Crippen molar-refractivity contribution < 1.29 is 18.3 Å². The lowest BCUT2D eigenvalue weighted by Crippen LogP contribution is -2.41. The number of carboxylic acids is 1. The molecule has 1 aliphatic rings. The molecule has 0 atom stereocenters. The molecule has 0 unspecified atom stereocenters. The van der Waals surface area contributed by atoms with Gasteiger partial charge in [-0.1, -0.05) is 6.92 Å². The molecule has 0 spiro atoms. The van der Waals surface area contributed by atoms with E-state index < -0.39 is 21.7 Å². The van der Waals surface area contributed by atoms with Gasteiger partial charge in [0.1, 0.15) is 0 Å². The van der Waals surface area contributed by atoms with Crippen LogP contribution in [0.2, 0.25) is 0 Å². The van der Waals surface area contributed by atoms with Gasteiger partial charge in [0.15, 0.2) is 5.75 Å². The Morgan fingerprint density at radius 1 is 1.41 bits per heavy atom. The zero-order chi connectivity index (χ0) is 12.9. The van der Waals surface area contributed by atoms with Crippen LogP contribution >= 0.6 is 0 Å². The van der Waals surface area contributed by atoms with Gasteiger partial charge in [0, 0.05) is 13.1 Å². The number of nitrogens with zero attached hydrogens (tertiary/aromatic N) is 1. The Balaban J connectivity index is 2.60. The van der Waals surface area contributed by atoms with Gasteiger partial charge >= 0.3 is 5.97 Å². The molecule has 1 aliphatic heterocycles. The van der Waals surface area contributed by atoms with Crippen LogP contribution in [0.15, 0.2) is 0 Å². The third-order valence-electron chi connectivity index (χ3n) is 2.97.